The summed E-state index contributed by atoms with van der Waals surface area (Å²) in [5.41, 5.74) is 0.0318. The van der Waals surface area contributed by atoms with Crippen LogP contribution in [-0.2, 0) is 19.6 Å². The number of rotatable bonds is 10. The van der Waals surface area contributed by atoms with Gasteiger partial charge in [0.25, 0.3) is 10.0 Å². The van der Waals surface area contributed by atoms with E-state index >= 15 is 0 Å². The summed E-state index contributed by atoms with van der Waals surface area (Å²) in [6.07, 6.45) is 0. The predicted octanol–water partition coefficient (Wildman–Crippen LogP) is 2.61. The molecular formula is C22H27FN2O7S. The lowest BCUT2D eigenvalue weighted by Crippen LogP contribution is -2.50. The fourth-order valence-electron chi connectivity index (χ4n) is 3.31. The molecule has 1 unspecified atom stereocenters. The smallest absolute Gasteiger partial charge is 0.326 e. The Morgan fingerprint density at radius 2 is 1.61 bits per heavy atom. The van der Waals surface area contributed by atoms with Gasteiger partial charge in [0.15, 0.2) is 11.5 Å². The summed E-state index contributed by atoms with van der Waals surface area (Å²) in [4.78, 5) is 25.4. The van der Waals surface area contributed by atoms with Crippen LogP contribution >= 0.6 is 0 Å². The number of sulfonamides is 1. The van der Waals surface area contributed by atoms with Gasteiger partial charge in [0.05, 0.1) is 24.8 Å². The van der Waals surface area contributed by atoms with Gasteiger partial charge in [-0.2, -0.15) is 0 Å². The second kappa shape index (κ2) is 10.5. The molecule has 0 aliphatic carbocycles. The summed E-state index contributed by atoms with van der Waals surface area (Å²) in [6.45, 7) is 2.58. The Balaban J connectivity index is 2.54. The Bertz CT molecular complexity index is 1100. The fraction of sp³-hybridized carbons (Fsp3) is 0.364. The van der Waals surface area contributed by atoms with E-state index in [0.29, 0.717) is 5.75 Å². The molecule has 0 saturated carbocycles. The lowest BCUT2D eigenvalue weighted by atomic mass is 10.0. The zero-order chi connectivity index (χ0) is 24.9. The Morgan fingerprint density at radius 1 is 1.03 bits per heavy atom. The number of carboxylic acid groups (broad SMARTS) is 1. The van der Waals surface area contributed by atoms with Crippen LogP contribution in [0.4, 0.5) is 10.1 Å². The van der Waals surface area contributed by atoms with Gasteiger partial charge in [-0.3, -0.25) is 9.10 Å². The number of hydrogen-bond donors (Lipinski definition) is 1. The number of aliphatic carboxylic acids is 1. The van der Waals surface area contributed by atoms with Gasteiger partial charge in [-0.15, -0.1) is 0 Å². The zero-order valence-electron chi connectivity index (χ0n) is 19.0. The van der Waals surface area contributed by atoms with E-state index in [1.54, 1.807) is 13.8 Å². The predicted molar refractivity (Wildman–Crippen MR) is 120 cm³/mol. The molecule has 33 heavy (non-hydrogen) atoms. The number of anilines is 1. The monoisotopic (exact) mass is 482 g/mol. The number of nitrogens with zero attached hydrogens (tertiary/aromatic N) is 2. The van der Waals surface area contributed by atoms with Gasteiger partial charge in [0, 0.05) is 13.1 Å². The maximum absolute atomic E-state index is 13.5. The van der Waals surface area contributed by atoms with Crippen LogP contribution in [0.2, 0.25) is 0 Å². The molecule has 0 fully saturated rings. The van der Waals surface area contributed by atoms with E-state index < -0.39 is 46.2 Å². The van der Waals surface area contributed by atoms with Crippen molar-refractivity contribution >= 4 is 27.6 Å². The van der Waals surface area contributed by atoms with Crippen LogP contribution in [0.25, 0.3) is 0 Å². The molecule has 1 N–H and O–H groups in total. The van der Waals surface area contributed by atoms with Crippen molar-refractivity contribution in [3.05, 3.63) is 48.3 Å². The lowest BCUT2D eigenvalue weighted by molar-refractivity contribution is -0.150. The molecule has 1 amide bonds. The fourth-order valence-corrected chi connectivity index (χ4v) is 4.74. The maximum atomic E-state index is 13.5. The Kier molecular flexibility index (Phi) is 8.26. The number of likely N-dealkylation sites (N-methyl/N-ethyl adjacent to an activating group) is 1. The molecule has 0 bridgehead atoms. The Morgan fingerprint density at radius 3 is 2.09 bits per heavy atom. The molecule has 180 valence electrons. The molecular weight excluding hydrogens is 455 g/mol. The largest absolute Gasteiger partial charge is 0.493 e. The third-order valence-electron chi connectivity index (χ3n) is 5.03. The van der Waals surface area contributed by atoms with Crippen molar-refractivity contribution in [3.63, 3.8) is 0 Å². The van der Waals surface area contributed by atoms with E-state index in [2.05, 4.69) is 0 Å². The van der Waals surface area contributed by atoms with Gasteiger partial charge in [-0.1, -0.05) is 13.8 Å². The number of methoxy groups -OCH3 is 2. The Hall–Kier alpha value is -3.34. The van der Waals surface area contributed by atoms with Crippen molar-refractivity contribution in [1.82, 2.24) is 4.90 Å². The minimum absolute atomic E-state index is 0.0318. The van der Waals surface area contributed by atoms with E-state index in [0.717, 1.165) is 21.3 Å². The summed E-state index contributed by atoms with van der Waals surface area (Å²) in [6, 6.07) is 7.35. The van der Waals surface area contributed by atoms with Crippen molar-refractivity contribution in [2.75, 3.05) is 32.1 Å². The van der Waals surface area contributed by atoms with Crippen molar-refractivity contribution in [2.45, 2.75) is 24.8 Å². The maximum Gasteiger partial charge on any atom is 0.326 e. The number of amides is 1. The normalized spacial score (nSPS) is 12.2. The number of benzene rings is 2. The van der Waals surface area contributed by atoms with Gasteiger partial charge in [-0.05, 0) is 42.3 Å². The summed E-state index contributed by atoms with van der Waals surface area (Å²) < 4.78 is 51.7. The molecule has 9 nitrogen and oxygen atoms in total. The molecule has 2 rings (SSSR count). The van der Waals surface area contributed by atoms with Crippen LogP contribution in [0.1, 0.15) is 13.8 Å². The standard InChI is InChI=1S/C22H27FN2O7S/c1-14(2)21(22(27)28)24(3)20(26)13-25(16-8-6-15(23)7-9-16)33(29,30)17-10-11-18(31-4)19(12-17)32-5/h6-12,14,21H,13H2,1-5H3,(H,27,28). The van der Waals surface area contributed by atoms with Crippen molar-refractivity contribution in [3.8, 4) is 11.5 Å². The Labute approximate surface area is 192 Å². The van der Waals surface area contributed by atoms with E-state index in [9.17, 15) is 27.5 Å². The van der Waals surface area contributed by atoms with Gasteiger partial charge in [0.1, 0.15) is 18.4 Å². The summed E-state index contributed by atoms with van der Waals surface area (Å²) in [7, 11) is -0.289. The minimum Gasteiger partial charge on any atom is -0.493 e. The first-order valence-corrected chi connectivity index (χ1v) is 11.4. The first-order chi connectivity index (χ1) is 15.4. The molecule has 0 aliphatic rings. The summed E-state index contributed by atoms with van der Waals surface area (Å²) >= 11 is 0. The van der Waals surface area contributed by atoms with E-state index in [1.165, 1.54) is 51.6 Å². The zero-order valence-corrected chi connectivity index (χ0v) is 19.8. The highest BCUT2D eigenvalue weighted by Crippen LogP contribution is 2.32. The van der Waals surface area contributed by atoms with Crippen LogP contribution in [0.5, 0.6) is 11.5 Å². The lowest BCUT2D eigenvalue weighted by Gasteiger charge is -2.31. The number of ether oxygens (including phenoxy) is 2. The van der Waals surface area contributed by atoms with Crippen molar-refractivity contribution in [1.29, 1.82) is 0 Å². The molecule has 2 aromatic rings. The molecule has 0 radical (unpaired) electrons. The van der Waals surface area contributed by atoms with Crippen LogP contribution in [0, 0.1) is 11.7 Å². The molecule has 11 heteroatoms. The van der Waals surface area contributed by atoms with Crippen LogP contribution in [0.3, 0.4) is 0 Å². The van der Waals surface area contributed by atoms with Crippen LogP contribution in [0.15, 0.2) is 47.4 Å². The minimum atomic E-state index is -4.34. The first-order valence-electron chi connectivity index (χ1n) is 9.92. The highest BCUT2D eigenvalue weighted by molar-refractivity contribution is 7.92. The third kappa shape index (κ3) is 5.72. The van der Waals surface area contributed by atoms with E-state index in [-0.39, 0.29) is 16.3 Å². The summed E-state index contributed by atoms with van der Waals surface area (Å²) in [5, 5.41) is 9.50. The van der Waals surface area contributed by atoms with Gasteiger partial charge in [-0.25, -0.2) is 17.6 Å². The van der Waals surface area contributed by atoms with Crippen LogP contribution in [-0.4, -0.2) is 64.2 Å². The summed E-state index contributed by atoms with van der Waals surface area (Å²) in [5.74, 6) is -2.50. The van der Waals surface area contributed by atoms with E-state index in [1.807, 2.05) is 0 Å². The second-order valence-corrected chi connectivity index (χ2v) is 9.40. The SMILES string of the molecule is COc1ccc(S(=O)(=O)N(CC(=O)N(C)C(C(=O)O)C(C)C)c2ccc(F)cc2)cc1OC. The number of halogens is 1. The average Bonchev–Trinajstić information content (AvgIpc) is 2.76. The van der Waals surface area contributed by atoms with Gasteiger partial charge < -0.3 is 19.5 Å². The molecule has 0 heterocycles. The number of carbonyl (C=O) groups excluding carboxylic acids is 1. The molecule has 2 aromatic carbocycles. The van der Waals surface area contributed by atoms with E-state index in [4.69, 9.17) is 9.47 Å². The highest BCUT2D eigenvalue weighted by atomic mass is 32.2. The molecule has 0 aliphatic heterocycles. The third-order valence-corrected chi connectivity index (χ3v) is 6.80. The average molecular weight is 483 g/mol. The van der Waals surface area contributed by atoms with Crippen LogP contribution < -0.4 is 13.8 Å². The molecule has 0 spiro atoms. The van der Waals surface area contributed by atoms with Gasteiger partial charge >= 0.3 is 5.97 Å². The second-order valence-electron chi connectivity index (χ2n) is 7.54. The number of carboxylic acids is 1. The van der Waals surface area contributed by atoms with Crippen molar-refractivity contribution < 1.29 is 37.0 Å². The quantitative estimate of drug-likeness (QED) is 0.554. The van der Waals surface area contributed by atoms with Gasteiger partial charge in [0.2, 0.25) is 5.91 Å². The first kappa shape index (κ1) is 25.9. The number of hydrogen-bond acceptors (Lipinski definition) is 6. The highest BCUT2D eigenvalue weighted by Gasteiger charge is 2.34. The van der Waals surface area contributed by atoms with Crippen molar-refractivity contribution in [2.24, 2.45) is 5.92 Å². The molecule has 0 saturated heterocycles. The molecule has 0 aromatic heterocycles. The molecule has 1 atom stereocenters. The topological polar surface area (TPSA) is 113 Å². The number of carbonyl (C=O) groups is 2.